The lowest BCUT2D eigenvalue weighted by Crippen LogP contribution is -2.36. The zero-order valence-corrected chi connectivity index (χ0v) is 11.2. The van der Waals surface area contributed by atoms with Crippen LogP contribution in [-0.2, 0) is 9.59 Å². The van der Waals surface area contributed by atoms with Crippen LogP contribution in [0.15, 0.2) is 0 Å². The van der Waals surface area contributed by atoms with Gasteiger partial charge in [-0.1, -0.05) is 20.8 Å². The van der Waals surface area contributed by atoms with E-state index in [1.807, 2.05) is 20.8 Å². The first-order valence-corrected chi connectivity index (χ1v) is 5.96. The maximum Gasteiger partial charge on any atom is 0.225 e. The van der Waals surface area contributed by atoms with Crippen LogP contribution in [0.3, 0.4) is 0 Å². The topological polar surface area (TPSA) is 78.4 Å². The molecule has 0 spiro atoms. The molecule has 17 heavy (non-hydrogen) atoms. The molecular formula is C12H24N2O3. The van der Waals surface area contributed by atoms with Crippen molar-refractivity contribution < 1.29 is 14.7 Å². The fourth-order valence-electron chi connectivity index (χ4n) is 1.07. The Morgan fingerprint density at radius 1 is 1.24 bits per heavy atom. The van der Waals surface area contributed by atoms with Gasteiger partial charge in [-0.15, -0.1) is 0 Å². The summed E-state index contributed by atoms with van der Waals surface area (Å²) in [6.45, 7) is 7.92. The molecule has 0 heterocycles. The van der Waals surface area contributed by atoms with Gasteiger partial charge < -0.3 is 15.7 Å². The van der Waals surface area contributed by atoms with Gasteiger partial charge in [-0.3, -0.25) is 9.59 Å². The Kier molecular flexibility index (Phi) is 6.80. The van der Waals surface area contributed by atoms with Crippen molar-refractivity contribution in [3.63, 3.8) is 0 Å². The van der Waals surface area contributed by atoms with E-state index in [9.17, 15) is 9.59 Å². The van der Waals surface area contributed by atoms with Crippen LogP contribution in [0.2, 0.25) is 0 Å². The molecule has 5 heteroatoms. The van der Waals surface area contributed by atoms with Crippen LogP contribution in [0.5, 0.6) is 0 Å². The quantitative estimate of drug-likeness (QED) is 0.593. The second kappa shape index (κ2) is 7.27. The fraction of sp³-hybridized carbons (Fsp3) is 0.833. The van der Waals surface area contributed by atoms with Crippen LogP contribution in [0.25, 0.3) is 0 Å². The second-order valence-corrected chi connectivity index (χ2v) is 5.26. The third-order valence-corrected chi connectivity index (χ3v) is 2.14. The van der Waals surface area contributed by atoms with Gasteiger partial charge in [0.25, 0.3) is 0 Å². The van der Waals surface area contributed by atoms with Crippen LogP contribution < -0.4 is 10.6 Å². The monoisotopic (exact) mass is 244 g/mol. The molecule has 5 nitrogen and oxygen atoms in total. The molecule has 0 saturated heterocycles. The standard InChI is InChI=1S/C12H24N2O3/c1-9(15)8-14-10(16)6-5-7-13-11(17)12(2,3)4/h9,15H,5-8H2,1-4H3,(H,13,17)(H,14,16)/t9-/m1/s1. The van der Waals surface area contributed by atoms with Crippen molar-refractivity contribution in [3.8, 4) is 0 Å². The highest BCUT2D eigenvalue weighted by molar-refractivity contribution is 5.81. The number of hydrogen-bond donors (Lipinski definition) is 3. The first-order chi connectivity index (χ1) is 7.73. The highest BCUT2D eigenvalue weighted by atomic mass is 16.3. The average molecular weight is 244 g/mol. The average Bonchev–Trinajstić information content (AvgIpc) is 2.19. The van der Waals surface area contributed by atoms with E-state index in [0.29, 0.717) is 19.4 Å². The van der Waals surface area contributed by atoms with Gasteiger partial charge in [0.1, 0.15) is 0 Å². The predicted octanol–water partition coefficient (Wildman–Crippen LogP) is 0.426. The molecule has 1 atom stereocenters. The summed E-state index contributed by atoms with van der Waals surface area (Å²) >= 11 is 0. The van der Waals surface area contributed by atoms with Gasteiger partial charge in [0.15, 0.2) is 0 Å². The number of aliphatic hydroxyl groups excluding tert-OH is 1. The summed E-state index contributed by atoms with van der Waals surface area (Å²) in [7, 11) is 0. The smallest absolute Gasteiger partial charge is 0.225 e. The van der Waals surface area contributed by atoms with Crippen LogP contribution >= 0.6 is 0 Å². The van der Waals surface area contributed by atoms with Crippen LogP contribution in [0, 0.1) is 5.41 Å². The lowest BCUT2D eigenvalue weighted by Gasteiger charge is -2.17. The Morgan fingerprint density at radius 2 is 1.82 bits per heavy atom. The first-order valence-electron chi connectivity index (χ1n) is 5.96. The van der Waals surface area contributed by atoms with E-state index in [-0.39, 0.29) is 18.4 Å². The van der Waals surface area contributed by atoms with Crippen molar-refractivity contribution in [2.75, 3.05) is 13.1 Å². The zero-order valence-electron chi connectivity index (χ0n) is 11.2. The number of rotatable bonds is 6. The molecule has 0 rings (SSSR count). The van der Waals surface area contributed by atoms with Crippen molar-refractivity contribution in [1.82, 2.24) is 10.6 Å². The van der Waals surface area contributed by atoms with Gasteiger partial charge in [0.05, 0.1) is 6.10 Å². The number of hydrogen-bond acceptors (Lipinski definition) is 3. The van der Waals surface area contributed by atoms with Gasteiger partial charge in [-0.05, 0) is 13.3 Å². The largest absolute Gasteiger partial charge is 0.392 e. The van der Waals surface area contributed by atoms with Gasteiger partial charge in [0.2, 0.25) is 11.8 Å². The summed E-state index contributed by atoms with van der Waals surface area (Å²) in [4.78, 5) is 22.7. The minimum absolute atomic E-state index is 0.0121. The Balaban J connectivity index is 3.58. The first kappa shape index (κ1) is 15.9. The van der Waals surface area contributed by atoms with E-state index in [4.69, 9.17) is 5.11 Å². The molecule has 0 fully saturated rings. The molecule has 2 amide bonds. The van der Waals surface area contributed by atoms with E-state index in [0.717, 1.165) is 0 Å². The Hall–Kier alpha value is -1.10. The fourth-order valence-corrected chi connectivity index (χ4v) is 1.07. The van der Waals surface area contributed by atoms with E-state index in [1.165, 1.54) is 0 Å². The molecule has 0 aromatic heterocycles. The second-order valence-electron chi connectivity index (χ2n) is 5.26. The highest BCUT2D eigenvalue weighted by Crippen LogP contribution is 2.12. The molecule has 0 bridgehead atoms. The van der Waals surface area contributed by atoms with Crippen molar-refractivity contribution >= 4 is 11.8 Å². The minimum Gasteiger partial charge on any atom is -0.392 e. The molecule has 0 aliphatic rings. The molecular weight excluding hydrogens is 220 g/mol. The summed E-state index contributed by atoms with van der Waals surface area (Å²) in [5, 5.41) is 14.3. The van der Waals surface area contributed by atoms with E-state index < -0.39 is 11.5 Å². The normalized spacial score (nSPS) is 13.0. The zero-order chi connectivity index (χ0) is 13.5. The van der Waals surface area contributed by atoms with E-state index >= 15 is 0 Å². The van der Waals surface area contributed by atoms with Gasteiger partial charge in [-0.2, -0.15) is 0 Å². The summed E-state index contributed by atoms with van der Waals surface area (Å²) < 4.78 is 0. The number of aliphatic hydroxyl groups is 1. The van der Waals surface area contributed by atoms with Crippen LogP contribution in [0.4, 0.5) is 0 Å². The molecule has 0 unspecified atom stereocenters. The molecule has 0 aromatic rings. The predicted molar refractivity (Wildman–Crippen MR) is 66.4 cm³/mol. The summed E-state index contributed by atoms with van der Waals surface area (Å²) in [6.07, 6.45) is 0.435. The summed E-state index contributed by atoms with van der Waals surface area (Å²) in [5.41, 5.74) is -0.394. The Bertz CT molecular complexity index is 257. The summed E-state index contributed by atoms with van der Waals surface area (Å²) in [6, 6.07) is 0. The minimum atomic E-state index is -0.528. The molecule has 0 aliphatic carbocycles. The Morgan fingerprint density at radius 3 is 2.29 bits per heavy atom. The maximum absolute atomic E-state index is 11.5. The highest BCUT2D eigenvalue weighted by Gasteiger charge is 2.20. The lowest BCUT2D eigenvalue weighted by atomic mass is 9.96. The molecule has 0 aromatic carbocycles. The summed E-state index contributed by atoms with van der Waals surface area (Å²) in [5.74, 6) is -0.113. The third-order valence-electron chi connectivity index (χ3n) is 2.14. The number of carbonyl (C=O) groups is 2. The third kappa shape index (κ3) is 8.68. The molecule has 0 aliphatic heterocycles. The van der Waals surface area contributed by atoms with Crippen molar-refractivity contribution in [1.29, 1.82) is 0 Å². The van der Waals surface area contributed by atoms with Gasteiger partial charge in [0, 0.05) is 24.9 Å². The van der Waals surface area contributed by atoms with Gasteiger partial charge in [-0.25, -0.2) is 0 Å². The SMILES string of the molecule is C[C@@H](O)CNC(=O)CCCNC(=O)C(C)(C)C. The van der Waals surface area contributed by atoms with Crippen molar-refractivity contribution in [3.05, 3.63) is 0 Å². The number of amides is 2. The molecule has 100 valence electrons. The van der Waals surface area contributed by atoms with E-state index in [2.05, 4.69) is 10.6 Å². The van der Waals surface area contributed by atoms with Crippen LogP contribution in [-0.4, -0.2) is 36.1 Å². The van der Waals surface area contributed by atoms with Gasteiger partial charge >= 0.3 is 0 Å². The number of carbonyl (C=O) groups excluding carboxylic acids is 2. The molecule has 0 radical (unpaired) electrons. The van der Waals surface area contributed by atoms with Crippen LogP contribution in [0.1, 0.15) is 40.5 Å². The van der Waals surface area contributed by atoms with Crippen molar-refractivity contribution in [2.24, 2.45) is 5.41 Å². The maximum atomic E-state index is 11.5. The molecule has 0 saturated carbocycles. The lowest BCUT2D eigenvalue weighted by molar-refractivity contribution is -0.128. The number of nitrogens with one attached hydrogen (secondary N) is 2. The van der Waals surface area contributed by atoms with Crippen molar-refractivity contribution in [2.45, 2.75) is 46.6 Å². The Labute approximate surface area is 103 Å². The van der Waals surface area contributed by atoms with E-state index in [1.54, 1.807) is 6.92 Å². The molecule has 3 N–H and O–H groups in total.